The van der Waals surface area contributed by atoms with Crippen LogP contribution in [0.15, 0.2) is 303 Å². The number of hydrogen-bond donors (Lipinski definition) is 0. The molecule has 73 heavy (non-hydrogen) atoms. The van der Waals surface area contributed by atoms with Crippen molar-refractivity contribution in [3.63, 3.8) is 0 Å². The molecule has 12 aromatic carbocycles. The molecule has 1 heterocycles. The number of aromatic nitrogens is 1. The van der Waals surface area contributed by atoms with Gasteiger partial charge in [-0.25, -0.2) is 0 Å². The van der Waals surface area contributed by atoms with Crippen molar-refractivity contribution in [3.8, 4) is 39.1 Å². The zero-order valence-corrected chi connectivity index (χ0v) is 41.3. The first-order valence-corrected chi connectivity index (χ1v) is 27.2. The summed E-state index contributed by atoms with van der Waals surface area (Å²) in [6.45, 7) is 0. The van der Waals surface area contributed by atoms with Crippen molar-refractivity contribution in [1.29, 1.82) is 0 Å². The zero-order valence-electron chi connectivity index (χ0n) is 40.3. The van der Waals surface area contributed by atoms with Crippen LogP contribution in [0.4, 0.5) is 17.1 Å². The third-order valence-electron chi connectivity index (χ3n) is 14.8. The van der Waals surface area contributed by atoms with Gasteiger partial charge >= 0.3 is 0 Å². The molecule has 3 heteroatoms. The molecule has 0 N–H and O–H groups in total. The molecule has 13 rings (SSSR count). The molecule has 13 aromatic rings. The Kier molecular flexibility index (Phi) is 11.3. The van der Waals surface area contributed by atoms with E-state index in [4.69, 9.17) is 0 Å². The smallest absolute Gasteiger partial charge is 0.179 e. The molecule has 2 nitrogen and oxygen atoms in total. The number of benzene rings is 12. The van der Waals surface area contributed by atoms with Gasteiger partial charge in [0.2, 0.25) is 0 Å². The van der Waals surface area contributed by atoms with Crippen molar-refractivity contribution in [2.24, 2.45) is 0 Å². The van der Waals surface area contributed by atoms with Gasteiger partial charge in [-0.05, 0) is 114 Å². The van der Waals surface area contributed by atoms with Crippen LogP contribution in [0.5, 0.6) is 0 Å². The van der Waals surface area contributed by atoms with E-state index in [1.807, 2.05) is 0 Å². The molecule has 344 valence electrons. The van der Waals surface area contributed by atoms with Crippen LogP contribution in [0.3, 0.4) is 0 Å². The van der Waals surface area contributed by atoms with Crippen LogP contribution < -0.4 is 25.6 Å². The highest BCUT2D eigenvalue weighted by molar-refractivity contribution is 7.19. The van der Waals surface area contributed by atoms with Gasteiger partial charge in [0.15, 0.2) is 8.07 Å². The highest BCUT2D eigenvalue weighted by atomic mass is 28.3. The second-order valence-electron chi connectivity index (χ2n) is 18.8. The van der Waals surface area contributed by atoms with Gasteiger partial charge in [-0.15, -0.1) is 0 Å². The average Bonchev–Trinajstić information content (AvgIpc) is 3.82. The lowest BCUT2D eigenvalue weighted by atomic mass is 9.98. The van der Waals surface area contributed by atoms with E-state index in [1.165, 1.54) is 86.7 Å². The number of fused-ring (bicyclic) bond motifs is 4. The number of anilines is 3. The number of para-hydroxylation sites is 2. The van der Waals surface area contributed by atoms with E-state index in [-0.39, 0.29) is 0 Å². The standard InChI is InChI=1S/C70H50N2Si/c1-5-21-52(22-6-1)64-32-15-17-36-67(64)72-68-37-18-16-33-66(68)70-65(35-20-38-69(70)72)54-41-45-56(46-42-54)71(55-43-39-53(40-44-55)63-34-19-24-51-23-13-14-31-62(51)63)57-47-49-61(50-48-57)73(58-25-7-2-8-26-58,59-27-9-3-10-28-59)60-29-11-4-12-30-60/h1-50H. The highest BCUT2D eigenvalue weighted by Crippen LogP contribution is 2.42. The third kappa shape index (κ3) is 7.66. The van der Waals surface area contributed by atoms with E-state index >= 15 is 0 Å². The van der Waals surface area contributed by atoms with Crippen LogP contribution in [0.1, 0.15) is 0 Å². The van der Waals surface area contributed by atoms with Crippen LogP contribution in [0, 0.1) is 0 Å². The average molecular weight is 947 g/mol. The van der Waals surface area contributed by atoms with Crippen molar-refractivity contribution in [2.75, 3.05) is 4.90 Å². The Morgan fingerprint density at radius 2 is 0.658 bits per heavy atom. The van der Waals surface area contributed by atoms with Gasteiger partial charge in [-0.2, -0.15) is 0 Å². The molecule has 0 aliphatic carbocycles. The molecular weight excluding hydrogens is 897 g/mol. The summed E-state index contributed by atoms with van der Waals surface area (Å²) in [4.78, 5) is 2.41. The first-order chi connectivity index (χ1) is 36.2. The number of nitrogens with zero attached hydrogens (tertiary/aromatic N) is 2. The van der Waals surface area contributed by atoms with Gasteiger partial charge in [0.25, 0.3) is 0 Å². The van der Waals surface area contributed by atoms with Gasteiger partial charge in [-0.1, -0.05) is 249 Å². The molecule has 0 fully saturated rings. The van der Waals surface area contributed by atoms with Crippen molar-refractivity contribution in [1.82, 2.24) is 4.57 Å². The molecule has 0 radical (unpaired) electrons. The molecule has 0 bridgehead atoms. The van der Waals surface area contributed by atoms with E-state index in [2.05, 4.69) is 313 Å². The van der Waals surface area contributed by atoms with Crippen molar-refractivity contribution < 1.29 is 0 Å². The zero-order chi connectivity index (χ0) is 48.6. The van der Waals surface area contributed by atoms with Crippen molar-refractivity contribution >= 4 is 78.5 Å². The Balaban J connectivity index is 0.951. The topological polar surface area (TPSA) is 8.17 Å². The van der Waals surface area contributed by atoms with Crippen LogP contribution in [-0.2, 0) is 0 Å². The Labute approximate surface area is 428 Å². The van der Waals surface area contributed by atoms with E-state index < -0.39 is 8.07 Å². The first kappa shape index (κ1) is 43.7. The number of rotatable bonds is 11. The largest absolute Gasteiger partial charge is 0.311 e. The summed E-state index contributed by atoms with van der Waals surface area (Å²) in [7, 11) is -2.73. The molecule has 0 saturated heterocycles. The molecule has 0 amide bonds. The molecule has 0 unspecified atom stereocenters. The SMILES string of the molecule is c1ccc(-c2ccccc2-n2c3ccccc3c3c(-c4ccc(N(c5ccc(-c6cccc7ccccc67)cc5)c5ccc([Si](c6ccccc6)(c6ccccc6)c6ccccc6)cc5)cc4)cccc32)cc1. The minimum Gasteiger partial charge on any atom is -0.311 e. The fourth-order valence-electron chi connectivity index (χ4n) is 11.5. The van der Waals surface area contributed by atoms with E-state index in [1.54, 1.807) is 0 Å². The van der Waals surface area contributed by atoms with Gasteiger partial charge in [0.1, 0.15) is 0 Å². The Hall–Kier alpha value is -9.28. The lowest BCUT2D eigenvalue weighted by Gasteiger charge is -2.35. The van der Waals surface area contributed by atoms with Crippen molar-refractivity contribution in [2.45, 2.75) is 0 Å². The van der Waals surface area contributed by atoms with Crippen molar-refractivity contribution in [3.05, 3.63) is 303 Å². The third-order valence-corrected chi connectivity index (χ3v) is 19.6. The summed E-state index contributed by atoms with van der Waals surface area (Å²) in [6.07, 6.45) is 0. The predicted octanol–water partition coefficient (Wildman–Crippen LogP) is 15.8. The lowest BCUT2D eigenvalue weighted by Crippen LogP contribution is -2.74. The van der Waals surface area contributed by atoms with E-state index in [0.29, 0.717) is 0 Å². The maximum absolute atomic E-state index is 2.73. The highest BCUT2D eigenvalue weighted by Gasteiger charge is 2.41. The molecule has 0 spiro atoms. The maximum atomic E-state index is 2.45. The van der Waals surface area contributed by atoms with Crippen LogP contribution in [-0.4, -0.2) is 12.6 Å². The molecule has 1 aromatic heterocycles. The molecule has 0 aliphatic heterocycles. The van der Waals surface area contributed by atoms with Gasteiger partial charge in [0, 0.05) is 33.4 Å². The van der Waals surface area contributed by atoms with Crippen LogP contribution in [0.2, 0.25) is 0 Å². The van der Waals surface area contributed by atoms with Crippen LogP contribution >= 0.6 is 0 Å². The van der Waals surface area contributed by atoms with Gasteiger partial charge in [0.05, 0.1) is 16.7 Å². The lowest BCUT2D eigenvalue weighted by molar-refractivity contribution is 1.18. The Morgan fingerprint density at radius 1 is 0.260 bits per heavy atom. The molecule has 0 aliphatic rings. The van der Waals surface area contributed by atoms with Crippen LogP contribution in [0.25, 0.3) is 71.6 Å². The summed E-state index contributed by atoms with van der Waals surface area (Å²) in [5.41, 5.74) is 14.0. The Bertz CT molecular complexity index is 3940. The predicted molar refractivity (Wildman–Crippen MR) is 313 cm³/mol. The summed E-state index contributed by atoms with van der Waals surface area (Å²) in [5, 5.41) is 10.4. The second-order valence-corrected chi connectivity index (χ2v) is 22.6. The molecule has 0 atom stereocenters. The van der Waals surface area contributed by atoms with E-state index in [0.717, 1.165) is 22.7 Å². The summed E-state index contributed by atoms with van der Waals surface area (Å²) in [5.74, 6) is 0. The summed E-state index contributed by atoms with van der Waals surface area (Å²) >= 11 is 0. The second kappa shape index (κ2) is 18.8. The minimum atomic E-state index is -2.73. The normalized spacial score (nSPS) is 11.6. The maximum Gasteiger partial charge on any atom is 0.179 e. The Morgan fingerprint density at radius 3 is 1.27 bits per heavy atom. The monoisotopic (exact) mass is 946 g/mol. The fraction of sp³-hybridized carbons (Fsp3) is 0. The minimum absolute atomic E-state index is 1.08. The first-order valence-electron chi connectivity index (χ1n) is 25.2. The summed E-state index contributed by atoms with van der Waals surface area (Å²) < 4.78 is 2.45. The summed E-state index contributed by atoms with van der Waals surface area (Å²) in [6, 6.07) is 112. The quantitative estimate of drug-likeness (QED) is 0.0926. The van der Waals surface area contributed by atoms with E-state index in [9.17, 15) is 0 Å². The van der Waals surface area contributed by atoms with Gasteiger partial charge in [-0.3, -0.25) is 0 Å². The molecule has 0 saturated carbocycles. The number of hydrogen-bond acceptors (Lipinski definition) is 1. The fourth-order valence-corrected chi connectivity index (χ4v) is 16.2. The molecular formula is C70H50N2Si. The van der Waals surface area contributed by atoms with Gasteiger partial charge < -0.3 is 9.47 Å².